The number of amides is 1. The van der Waals surface area contributed by atoms with Crippen LogP contribution in [0, 0.1) is 5.82 Å². The van der Waals surface area contributed by atoms with Crippen molar-refractivity contribution in [3.63, 3.8) is 0 Å². The minimum Gasteiger partial charge on any atom is -0.384 e. The first-order valence-corrected chi connectivity index (χ1v) is 7.65. The zero-order chi connectivity index (χ0) is 17.4. The molecule has 3 N–H and O–H groups in total. The predicted octanol–water partition coefficient (Wildman–Crippen LogP) is 2.47. The summed E-state index contributed by atoms with van der Waals surface area (Å²) in [5, 5.41) is 7.02. The van der Waals surface area contributed by atoms with Gasteiger partial charge in [0.2, 0.25) is 0 Å². The van der Waals surface area contributed by atoms with E-state index in [2.05, 4.69) is 10.5 Å². The molecule has 1 amide bonds. The van der Waals surface area contributed by atoms with Gasteiger partial charge in [0.15, 0.2) is 12.4 Å². The van der Waals surface area contributed by atoms with E-state index in [1.165, 1.54) is 24.3 Å². The molecule has 0 fully saturated rings. The molecular formula is C17H17ClFN3O2. The van der Waals surface area contributed by atoms with Gasteiger partial charge in [-0.1, -0.05) is 28.9 Å². The van der Waals surface area contributed by atoms with E-state index in [4.69, 9.17) is 22.2 Å². The molecule has 0 radical (unpaired) electrons. The van der Waals surface area contributed by atoms with Gasteiger partial charge < -0.3 is 15.9 Å². The summed E-state index contributed by atoms with van der Waals surface area (Å²) in [6.45, 7) is 0.226. The highest BCUT2D eigenvalue weighted by Crippen LogP contribution is 2.09. The summed E-state index contributed by atoms with van der Waals surface area (Å²) >= 11 is 5.80. The molecule has 0 spiro atoms. The van der Waals surface area contributed by atoms with Gasteiger partial charge >= 0.3 is 0 Å². The lowest BCUT2D eigenvalue weighted by molar-refractivity contribution is -0.125. The maximum absolute atomic E-state index is 12.8. The molecule has 7 heteroatoms. The fourth-order valence-electron chi connectivity index (χ4n) is 1.88. The summed E-state index contributed by atoms with van der Waals surface area (Å²) in [5.74, 6) is -0.601. The van der Waals surface area contributed by atoms with Gasteiger partial charge in [-0.15, -0.1) is 0 Å². The Kier molecular flexibility index (Phi) is 6.57. The summed E-state index contributed by atoms with van der Waals surface area (Å²) in [6, 6.07) is 12.9. The molecule has 0 unspecified atom stereocenters. The second-order valence-corrected chi connectivity index (χ2v) is 5.42. The van der Waals surface area contributed by atoms with E-state index < -0.39 is 0 Å². The molecule has 0 atom stereocenters. The summed E-state index contributed by atoms with van der Waals surface area (Å²) in [7, 11) is 0. The van der Waals surface area contributed by atoms with E-state index >= 15 is 0 Å². The van der Waals surface area contributed by atoms with Crippen molar-refractivity contribution in [2.45, 2.75) is 6.42 Å². The van der Waals surface area contributed by atoms with Gasteiger partial charge in [0.05, 0.1) is 0 Å². The molecular weight excluding hydrogens is 333 g/mol. The Morgan fingerprint density at radius 3 is 2.50 bits per heavy atom. The smallest absolute Gasteiger partial charge is 0.260 e. The number of amidine groups is 1. The second kappa shape index (κ2) is 8.88. The third kappa shape index (κ3) is 5.89. The number of carbonyl (C=O) groups excluding carboxylic acids is 1. The van der Waals surface area contributed by atoms with Crippen molar-refractivity contribution < 1.29 is 14.0 Å². The fourth-order valence-corrected chi connectivity index (χ4v) is 2.01. The van der Waals surface area contributed by atoms with Crippen LogP contribution in [0.2, 0.25) is 5.02 Å². The van der Waals surface area contributed by atoms with Crippen molar-refractivity contribution in [2.75, 3.05) is 13.2 Å². The van der Waals surface area contributed by atoms with Gasteiger partial charge in [0.1, 0.15) is 5.82 Å². The predicted molar refractivity (Wildman–Crippen MR) is 91.2 cm³/mol. The number of nitrogens with one attached hydrogen (secondary N) is 1. The Hall–Kier alpha value is -2.60. The zero-order valence-electron chi connectivity index (χ0n) is 12.8. The largest absolute Gasteiger partial charge is 0.384 e. The molecule has 126 valence electrons. The minimum absolute atomic E-state index is 0.0731. The summed E-state index contributed by atoms with van der Waals surface area (Å²) in [6.07, 6.45) is 0.684. The van der Waals surface area contributed by atoms with Crippen LogP contribution in [0.15, 0.2) is 53.7 Å². The van der Waals surface area contributed by atoms with Crippen molar-refractivity contribution in [3.8, 4) is 0 Å². The van der Waals surface area contributed by atoms with E-state index in [9.17, 15) is 9.18 Å². The van der Waals surface area contributed by atoms with Crippen LogP contribution in [-0.2, 0) is 16.1 Å². The van der Waals surface area contributed by atoms with Crippen LogP contribution in [0.1, 0.15) is 11.1 Å². The summed E-state index contributed by atoms with van der Waals surface area (Å²) in [4.78, 5) is 16.5. The number of nitrogens with two attached hydrogens (primary N) is 1. The average molecular weight is 350 g/mol. The molecule has 0 bridgehead atoms. The molecule has 2 aromatic rings. The monoisotopic (exact) mass is 349 g/mol. The molecule has 0 saturated carbocycles. The first-order chi connectivity index (χ1) is 11.5. The lowest BCUT2D eigenvalue weighted by Crippen LogP contribution is -2.29. The summed E-state index contributed by atoms with van der Waals surface area (Å²) < 4.78 is 12.8. The molecule has 5 nitrogen and oxygen atoms in total. The van der Waals surface area contributed by atoms with E-state index in [1.807, 2.05) is 12.1 Å². The normalized spacial score (nSPS) is 11.2. The Labute approximate surface area is 144 Å². The Balaban J connectivity index is 1.70. The maximum Gasteiger partial charge on any atom is 0.260 e. The van der Waals surface area contributed by atoms with Crippen LogP contribution in [0.5, 0.6) is 0 Å². The number of halogens is 2. The van der Waals surface area contributed by atoms with Crippen molar-refractivity contribution in [3.05, 3.63) is 70.5 Å². The second-order valence-electron chi connectivity index (χ2n) is 4.98. The van der Waals surface area contributed by atoms with Gasteiger partial charge in [-0.05, 0) is 48.4 Å². The highest BCUT2D eigenvalue weighted by atomic mass is 35.5. The van der Waals surface area contributed by atoms with E-state index in [1.54, 1.807) is 12.1 Å². The van der Waals surface area contributed by atoms with Gasteiger partial charge in [0, 0.05) is 17.1 Å². The molecule has 0 aliphatic carbocycles. The lowest BCUT2D eigenvalue weighted by atomic mass is 10.1. The molecule has 2 rings (SSSR count). The van der Waals surface area contributed by atoms with Crippen LogP contribution in [0.4, 0.5) is 4.39 Å². The molecule has 24 heavy (non-hydrogen) atoms. The number of benzene rings is 2. The van der Waals surface area contributed by atoms with Gasteiger partial charge in [0.25, 0.3) is 5.91 Å². The zero-order valence-corrected chi connectivity index (χ0v) is 13.6. The first-order valence-electron chi connectivity index (χ1n) is 7.27. The number of oxime groups is 1. The SMILES string of the molecule is N/C(=N\OCC(=O)NCCc1ccc(Cl)cc1)c1ccc(F)cc1. The van der Waals surface area contributed by atoms with E-state index in [0.717, 1.165) is 5.56 Å². The molecule has 0 aliphatic rings. The highest BCUT2D eigenvalue weighted by molar-refractivity contribution is 6.30. The number of hydrogen-bond donors (Lipinski definition) is 2. The molecule has 0 aromatic heterocycles. The van der Waals surface area contributed by atoms with Crippen LogP contribution in [-0.4, -0.2) is 24.9 Å². The number of carbonyl (C=O) groups is 1. The first kappa shape index (κ1) is 17.7. The van der Waals surface area contributed by atoms with Crippen LogP contribution in [0.25, 0.3) is 0 Å². The molecule has 0 heterocycles. The number of hydrogen-bond acceptors (Lipinski definition) is 3. The Bertz CT molecular complexity index is 703. The van der Waals surface area contributed by atoms with Gasteiger partial charge in [-0.2, -0.15) is 0 Å². The van der Waals surface area contributed by atoms with Gasteiger partial charge in [-0.25, -0.2) is 4.39 Å². The average Bonchev–Trinajstić information content (AvgIpc) is 2.57. The highest BCUT2D eigenvalue weighted by Gasteiger charge is 2.03. The molecule has 0 aliphatic heterocycles. The van der Waals surface area contributed by atoms with Crippen LogP contribution >= 0.6 is 11.6 Å². The molecule has 0 saturated heterocycles. The van der Waals surface area contributed by atoms with Crippen LogP contribution in [0.3, 0.4) is 0 Å². The maximum atomic E-state index is 12.8. The fraction of sp³-hybridized carbons (Fsp3) is 0.176. The van der Waals surface area contributed by atoms with Crippen LogP contribution < -0.4 is 11.1 Å². The lowest BCUT2D eigenvalue weighted by Gasteiger charge is -2.05. The Morgan fingerprint density at radius 2 is 1.83 bits per heavy atom. The van der Waals surface area contributed by atoms with Crippen molar-refractivity contribution in [1.29, 1.82) is 0 Å². The topological polar surface area (TPSA) is 76.7 Å². The minimum atomic E-state index is -0.368. The third-order valence-corrected chi connectivity index (χ3v) is 3.40. The number of rotatable bonds is 7. The standard InChI is InChI=1S/C17H17ClFN3O2/c18-14-5-1-12(2-6-14)9-10-21-16(23)11-24-22-17(20)13-3-7-15(19)8-4-13/h1-8H,9-11H2,(H2,20,22)(H,21,23). The van der Waals surface area contributed by atoms with Crippen molar-refractivity contribution in [1.82, 2.24) is 5.32 Å². The molecule has 2 aromatic carbocycles. The quantitative estimate of drug-likeness (QED) is 0.458. The van der Waals surface area contributed by atoms with Crippen molar-refractivity contribution >= 4 is 23.3 Å². The van der Waals surface area contributed by atoms with E-state index in [0.29, 0.717) is 23.6 Å². The summed E-state index contributed by atoms with van der Waals surface area (Å²) in [5.41, 5.74) is 7.26. The van der Waals surface area contributed by atoms with Crippen molar-refractivity contribution in [2.24, 2.45) is 10.9 Å². The number of nitrogens with zero attached hydrogens (tertiary/aromatic N) is 1. The van der Waals surface area contributed by atoms with E-state index in [-0.39, 0.29) is 24.2 Å². The third-order valence-electron chi connectivity index (χ3n) is 3.15. The Morgan fingerprint density at radius 1 is 1.17 bits per heavy atom. The van der Waals surface area contributed by atoms with Gasteiger partial charge in [-0.3, -0.25) is 4.79 Å².